The highest BCUT2D eigenvalue weighted by atomic mass is 79.9. The first-order valence-electron chi connectivity index (χ1n) is 6.48. The second-order valence-corrected chi connectivity index (χ2v) is 5.43. The first-order chi connectivity index (χ1) is 10.6. The number of azo groups is 1. The fraction of sp³-hybridized carbons (Fsp3) is 0. The van der Waals surface area contributed by atoms with Crippen LogP contribution in [0.3, 0.4) is 0 Å². The van der Waals surface area contributed by atoms with Crippen molar-refractivity contribution in [1.29, 1.82) is 0 Å². The Morgan fingerprint density at radius 3 is 2.59 bits per heavy atom. The van der Waals surface area contributed by atoms with E-state index in [-0.39, 0.29) is 11.2 Å². The van der Waals surface area contributed by atoms with Gasteiger partial charge < -0.3 is 5.73 Å². The normalized spacial score (nSPS) is 11.1. The van der Waals surface area contributed by atoms with Gasteiger partial charge in [-0.3, -0.25) is 15.0 Å². The molecule has 0 spiro atoms. The molecule has 4 N–H and O–H groups in total. The highest BCUT2D eigenvalue weighted by Crippen LogP contribution is 2.29. The van der Waals surface area contributed by atoms with Crippen molar-refractivity contribution in [2.75, 3.05) is 5.73 Å². The number of nitrogen functional groups attached to an aromatic ring is 1. The molecular weight excluding hydrogens is 346 g/mol. The molecule has 0 aliphatic carbocycles. The number of aromatic amines is 2. The van der Waals surface area contributed by atoms with Gasteiger partial charge in [0.1, 0.15) is 0 Å². The largest absolute Gasteiger partial charge is 0.399 e. The van der Waals surface area contributed by atoms with E-state index in [1.165, 1.54) is 0 Å². The standard InChI is InChI=1S/C15H12BrN5O/c16-11-6-1-2-7-12(11)18-20-14-13(19-21-15(14)22)9-4-3-5-10(17)8-9/h1-8H,17H2,(H2,19,21,22). The molecule has 3 aromatic rings. The Morgan fingerprint density at radius 2 is 1.82 bits per heavy atom. The van der Waals surface area contributed by atoms with Gasteiger partial charge in [-0.15, -0.1) is 10.2 Å². The number of H-pyrrole nitrogens is 2. The number of anilines is 1. The number of benzene rings is 2. The Bertz CT molecular complexity index is 897. The third-order valence-corrected chi connectivity index (χ3v) is 3.71. The summed E-state index contributed by atoms with van der Waals surface area (Å²) in [7, 11) is 0. The van der Waals surface area contributed by atoms with E-state index in [2.05, 4.69) is 36.4 Å². The molecular formula is C15H12BrN5O. The van der Waals surface area contributed by atoms with Gasteiger partial charge in [0, 0.05) is 15.7 Å². The maximum atomic E-state index is 11.9. The summed E-state index contributed by atoms with van der Waals surface area (Å²) in [5.74, 6) is 0. The minimum Gasteiger partial charge on any atom is -0.399 e. The van der Waals surface area contributed by atoms with Gasteiger partial charge in [0.15, 0.2) is 5.69 Å². The molecule has 1 aromatic heterocycles. The average molecular weight is 358 g/mol. The molecule has 0 fully saturated rings. The summed E-state index contributed by atoms with van der Waals surface area (Å²) in [6.07, 6.45) is 0. The van der Waals surface area contributed by atoms with Crippen molar-refractivity contribution in [3.8, 4) is 11.3 Å². The van der Waals surface area contributed by atoms with Gasteiger partial charge in [-0.1, -0.05) is 24.3 Å². The van der Waals surface area contributed by atoms with Crippen molar-refractivity contribution in [2.24, 2.45) is 10.2 Å². The van der Waals surface area contributed by atoms with Gasteiger partial charge in [0.25, 0.3) is 5.56 Å². The summed E-state index contributed by atoms with van der Waals surface area (Å²) in [6.45, 7) is 0. The number of hydrogen-bond acceptors (Lipinski definition) is 4. The second-order valence-electron chi connectivity index (χ2n) is 4.58. The maximum Gasteiger partial charge on any atom is 0.292 e. The monoisotopic (exact) mass is 357 g/mol. The molecule has 0 amide bonds. The Hall–Kier alpha value is -2.67. The zero-order valence-corrected chi connectivity index (χ0v) is 13.0. The summed E-state index contributed by atoms with van der Waals surface area (Å²) >= 11 is 3.39. The van der Waals surface area contributed by atoms with E-state index in [1.807, 2.05) is 30.3 Å². The van der Waals surface area contributed by atoms with Gasteiger partial charge in [-0.05, 0) is 40.2 Å². The topological polar surface area (TPSA) is 99.4 Å². The molecule has 0 radical (unpaired) electrons. The van der Waals surface area contributed by atoms with Crippen LogP contribution in [-0.4, -0.2) is 10.2 Å². The van der Waals surface area contributed by atoms with Crippen LogP contribution in [0, 0.1) is 0 Å². The lowest BCUT2D eigenvalue weighted by Gasteiger charge is -2.00. The fourth-order valence-electron chi connectivity index (χ4n) is 1.99. The SMILES string of the molecule is Nc1cccc(-c2[nH][nH]c(=O)c2N=Nc2ccccc2Br)c1. The first-order valence-corrected chi connectivity index (χ1v) is 7.27. The molecule has 0 saturated heterocycles. The van der Waals surface area contributed by atoms with Crippen molar-refractivity contribution in [1.82, 2.24) is 10.2 Å². The van der Waals surface area contributed by atoms with Crippen LogP contribution in [0.15, 0.2) is 68.0 Å². The lowest BCUT2D eigenvalue weighted by atomic mass is 10.1. The van der Waals surface area contributed by atoms with E-state index >= 15 is 0 Å². The number of hydrogen-bond donors (Lipinski definition) is 3. The van der Waals surface area contributed by atoms with Crippen LogP contribution in [-0.2, 0) is 0 Å². The number of rotatable bonds is 3. The van der Waals surface area contributed by atoms with Gasteiger partial charge in [-0.2, -0.15) is 0 Å². The first kappa shape index (κ1) is 14.3. The zero-order chi connectivity index (χ0) is 15.5. The molecule has 2 aromatic carbocycles. The van der Waals surface area contributed by atoms with Crippen LogP contribution < -0.4 is 11.3 Å². The molecule has 1 heterocycles. The van der Waals surface area contributed by atoms with Crippen molar-refractivity contribution in [3.05, 3.63) is 63.4 Å². The predicted molar refractivity (Wildman–Crippen MR) is 89.6 cm³/mol. The average Bonchev–Trinajstić information content (AvgIpc) is 2.87. The van der Waals surface area contributed by atoms with Gasteiger partial charge in [-0.25, -0.2) is 0 Å². The molecule has 6 nitrogen and oxygen atoms in total. The Balaban J connectivity index is 2.04. The van der Waals surface area contributed by atoms with Crippen LogP contribution in [0.2, 0.25) is 0 Å². The molecule has 0 saturated carbocycles. The molecule has 110 valence electrons. The summed E-state index contributed by atoms with van der Waals surface area (Å²) in [5.41, 5.74) is 8.20. The highest BCUT2D eigenvalue weighted by Gasteiger charge is 2.12. The van der Waals surface area contributed by atoms with E-state index in [9.17, 15) is 4.79 Å². The van der Waals surface area contributed by atoms with Crippen molar-refractivity contribution >= 4 is 33.0 Å². The number of halogens is 1. The fourth-order valence-corrected chi connectivity index (χ4v) is 2.35. The predicted octanol–water partition coefficient (Wildman–Crippen LogP) is 4.13. The van der Waals surface area contributed by atoms with Gasteiger partial charge >= 0.3 is 0 Å². The molecule has 0 bridgehead atoms. The lowest BCUT2D eigenvalue weighted by Crippen LogP contribution is -1.96. The minimum absolute atomic E-state index is 0.210. The summed E-state index contributed by atoms with van der Waals surface area (Å²) in [5, 5.41) is 13.5. The molecule has 3 rings (SSSR count). The van der Waals surface area contributed by atoms with Crippen molar-refractivity contribution < 1.29 is 0 Å². The molecule has 0 aliphatic heterocycles. The van der Waals surface area contributed by atoms with Crippen molar-refractivity contribution in [3.63, 3.8) is 0 Å². The van der Waals surface area contributed by atoms with Crippen LogP contribution in [0.5, 0.6) is 0 Å². The summed E-state index contributed by atoms with van der Waals surface area (Å²) in [4.78, 5) is 11.9. The molecule has 22 heavy (non-hydrogen) atoms. The summed E-state index contributed by atoms with van der Waals surface area (Å²) < 4.78 is 0.802. The third-order valence-electron chi connectivity index (χ3n) is 3.04. The van der Waals surface area contributed by atoms with Crippen LogP contribution in [0.25, 0.3) is 11.3 Å². The molecule has 0 atom stereocenters. The zero-order valence-electron chi connectivity index (χ0n) is 11.4. The van der Waals surface area contributed by atoms with Crippen molar-refractivity contribution in [2.45, 2.75) is 0 Å². The molecule has 0 unspecified atom stereocenters. The number of nitrogens with two attached hydrogens (primary N) is 1. The number of nitrogens with one attached hydrogen (secondary N) is 2. The van der Waals surface area contributed by atoms with E-state index in [0.29, 0.717) is 17.1 Å². The maximum absolute atomic E-state index is 11.9. The number of nitrogens with zero attached hydrogens (tertiary/aromatic N) is 2. The minimum atomic E-state index is -0.340. The molecule has 7 heteroatoms. The van der Waals surface area contributed by atoms with Crippen LogP contribution >= 0.6 is 15.9 Å². The van der Waals surface area contributed by atoms with Gasteiger partial charge in [0.2, 0.25) is 0 Å². The Labute approximate surface area is 134 Å². The lowest BCUT2D eigenvalue weighted by molar-refractivity contribution is 1.06. The quantitative estimate of drug-likeness (QED) is 0.484. The van der Waals surface area contributed by atoms with E-state index in [1.54, 1.807) is 18.2 Å². The molecule has 0 aliphatic rings. The van der Waals surface area contributed by atoms with Gasteiger partial charge in [0.05, 0.1) is 11.4 Å². The Kier molecular flexibility index (Phi) is 3.88. The smallest absolute Gasteiger partial charge is 0.292 e. The van der Waals surface area contributed by atoms with Crippen LogP contribution in [0.4, 0.5) is 17.1 Å². The van der Waals surface area contributed by atoms with E-state index in [4.69, 9.17) is 5.73 Å². The third kappa shape index (κ3) is 2.84. The summed E-state index contributed by atoms with van der Waals surface area (Å²) in [6, 6.07) is 14.6. The van der Waals surface area contributed by atoms with Crippen LogP contribution in [0.1, 0.15) is 0 Å². The second kappa shape index (κ2) is 5.98. The van der Waals surface area contributed by atoms with E-state index < -0.39 is 0 Å². The highest BCUT2D eigenvalue weighted by molar-refractivity contribution is 9.10. The number of aromatic nitrogens is 2. The van der Waals surface area contributed by atoms with E-state index in [0.717, 1.165) is 10.0 Å². The Morgan fingerprint density at radius 1 is 1.00 bits per heavy atom.